The Labute approximate surface area is 98.7 Å². The fourth-order valence-corrected chi connectivity index (χ4v) is 2.75. The van der Waals surface area contributed by atoms with Gasteiger partial charge in [0.1, 0.15) is 5.67 Å². The molecule has 0 radical (unpaired) electrons. The molecule has 0 spiro atoms. The van der Waals surface area contributed by atoms with E-state index in [-0.39, 0.29) is 0 Å². The molecule has 16 heavy (non-hydrogen) atoms. The molecule has 0 aromatic carbocycles. The van der Waals surface area contributed by atoms with Gasteiger partial charge >= 0.3 is 0 Å². The Kier molecular flexibility index (Phi) is 4.63. The molecule has 1 aliphatic rings. The van der Waals surface area contributed by atoms with Gasteiger partial charge in [-0.15, -0.1) is 0 Å². The summed E-state index contributed by atoms with van der Waals surface area (Å²) < 4.78 is 14.0. The molecule has 1 aliphatic carbocycles. The molecule has 3 atom stereocenters. The highest BCUT2D eigenvalue weighted by Crippen LogP contribution is 2.39. The van der Waals surface area contributed by atoms with Gasteiger partial charge in [0.15, 0.2) is 0 Å². The Balaban J connectivity index is 2.65. The van der Waals surface area contributed by atoms with Gasteiger partial charge in [-0.25, -0.2) is 4.39 Å². The van der Waals surface area contributed by atoms with Crippen molar-refractivity contribution in [3.8, 4) is 0 Å². The van der Waals surface area contributed by atoms with Crippen molar-refractivity contribution in [3.63, 3.8) is 0 Å². The Hall–Kier alpha value is -0.730. The summed E-state index contributed by atoms with van der Waals surface area (Å²) in [5.41, 5.74) is 0.209. The Morgan fingerprint density at radius 1 is 1.50 bits per heavy atom. The summed E-state index contributed by atoms with van der Waals surface area (Å²) in [4.78, 5) is 0. The predicted octanol–water partition coefficient (Wildman–Crippen LogP) is 2.82. The monoisotopic (exact) mass is 228 g/mol. The topological polar surface area (TPSA) is 24.1 Å². The maximum absolute atomic E-state index is 14.0. The van der Waals surface area contributed by atoms with Crippen LogP contribution in [0.15, 0.2) is 11.9 Å². The van der Waals surface area contributed by atoms with E-state index >= 15 is 0 Å². The van der Waals surface area contributed by atoms with Gasteiger partial charge in [-0.2, -0.15) is 0 Å². The highest BCUT2D eigenvalue weighted by atomic mass is 19.1. The first-order valence-corrected chi connectivity index (χ1v) is 6.24. The highest BCUT2D eigenvalue weighted by molar-refractivity contribution is 5.04. The Morgan fingerprint density at radius 2 is 2.19 bits per heavy atom. The van der Waals surface area contributed by atoms with Crippen molar-refractivity contribution in [1.82, 2.24) is 10.6 Å². The zero-order chi connectivity index (χ0) is 12.2. The lowest BCUT2D eigenvalue weighted by atomic mass is 9.74. The molecule has 94 valence electrons. The average Bonchev–Trinajstić information content (AvgIpc) is 2.23. The van der Waals surface area contributed by atoms with Crippen molar-refractivity contribution in [1.29, 1.82) is 0 Å². The van der Waals surface area contributed by atoms with E-state index in [0.717, 1.165) is 19.3 Å². The van der Waals surface area contributed by atoms with Crippen LogP contribution >= 0.6 is 0 Å². The van der Waals surface area contributed by atoms with Gasteiger partial charge in [0.25, 0.3) is 0 Å². The molecule has 1 unspecified atom stereocenters. The molecule has 0 aromatic heterocycles. The number of hydrogen-bond donors (Lipinski definition) is 2. The molecular weight excluding hydrogens is 203 g/mol. The third-order valence-corrected chi connectivity index (χ3v) is 3.75. The summed E-state index contributed by atoms with van der Waals surface area (Å²) in [5.74, 6) is 0.851. The summed E-state index contributed by atoms with van der Waals surface area (Å²) in [6.45, 7) is 3.93. The van der Waals surface area contributed by atoms with Crippen LogP contribution in [-0.4, -0.2) is 19.8 Å². The van der Waals surface area contributed by atoms with E-state index in [1.165, 1.54) is 5.70 Å². The molecule has 2 N–H and O–H groups in total. The van der Waals surface area contributed by atoms with E-state index in [9.17, 15) is 4.39 Å². The fraction of sp³-hybridized carbons (Fsp3) is 0.846. The maximum Gasteiger partial charge on any atom is 0.108 e. The van der Waals surface area contributed by atoms with Crippen molar-refractivity contribution in [2.75, 3.05) is 14.1 Å². The second-order valence-corrected chi connectivity index (χ2v) is 5.20. The quantitative estimate of drug-likeness (QED) is 0.773. The number of allylic oxidation sites excluding steroid dienone is 1. The number of alkyl halides is 1. The molecule has 0 aromatic rings. The summed E-state index contributed by atoms with van der Waals surface area (Å²) in [7, 11) is 3.82. The van der Waals surface area contributed by atoms with Crippen LogP contribution in [-0.2, 0) is 0 Å². The highest BCUT2D eigenvalue weighted by Gasteiger charge is 2.35. The summed E-state index contributed by atoms with van der Waals surface area (Å²) in [5, 5.41) is 6.24. The normalized spacial score (nSPS) is 33.3. The van der Waals surface area contributed by atoms with Crippen molar-refractivity contribution >= 4 is 0 Å². The Bertz CT molecular complexity index is 248. The van der Waals surface area contributed by atoms with E-state index in [1.54, 1.807) is 6.92 Å². The van der Waals surface area contributed by atoms with E-state index in [4.69, 9.17) is 0 Å². The lowest BCUT2D eigenvalue weighted by Gasteiger charge is -2.36. The van der Waals surface area contributed by atoms with Gasteiger partial charge in [0.2, 0.25) is 0 Å². The van der Waals surface area contributed by atoms with Gasteiger partial charge in [-0.05, 0) is 38.5 Å². The average molecular weight is 228 g/mol. The van der Waals surface area contributed by atoms with Gasteiger partial charge < -0.3 is 10.6 Å². The van der Waals surface area contributed by atoms with Crippen LogP contribution in [0, 0.1) is 11.8 Å². The van der Waals surface area contributed by atoms with Crippen molar-refractivity contribution < 1.29 is 4.39 Å². The lowest BCUT2D eigenvalue weighted by Crippen LogP contribution is -2.33. The molecule has 0 bridgehead atoms. The smallest absolute Gasteiger partial charge is 0.108 e. The molecule has 3 heteroatoms. The first kappa shape index (κ1) is 13.3. The first-order valence-electron chi connectivity index (χ1n) is 6.24. The second-order valence-electron chi connectivity index (χ2n) is 5.20. The van der Waals surface area contributed by atoms with Crippen LogP contribution in [0.3, 0.4) is 0 Å². The van der Waals surface area contributed by atoms with Crippen LogP contribution in [0.25, 0.3) is 0 Å². The Morgan fingerprint density at radius 3 is 2.69 bits per heavy atom. The second kappa shape index (κ2) is 5.55. The van der Waals surface area contributed by atoms with Crippen LogP contribution in [0.5, 0.6) is 0 Å². The van der Waals surface area contributed by atoms with Crippen molar-refractivity contribution in [3.05, 3.63) is 11.9 Å². The molecule has 1 saturated carbocycles. The van der Waals surface area contributed by atoms with Crippen molar-refractivity contribution in [2.24, 2.45) is 11.8 Å². The largest absolute Gasteiger partial charge is 0.393 e. The molecule has 1 rings (SSSR count). The molecule has 2 nitrogen and oxygen atoms in total. The minimum atomic E-state index is -0.963. The SMILES string of the molecule is CN/C=C(\NC)[C@@H](C)[C@H]1CCCC(C)(F)C1. The number of nitrogens with one attached hydrogen (secondary N) is 2. The fourth-order valence-electron chi connectivity index (χ4n) is 2.75. The predicted molar refractivity (Wildman–Crippen MR) is 66.8 cm³/mol. The zero-order valence-corrected chi connectivity index (χ0v) is 10.9. The number of rotatable bonds is 4. The van der Waals surface area contributed by atoms with Crippen LogP contribution in [0.2, 0.25) is 0 Å². The molecule has 1 fully saturated rings. The molecule has 0 aliphatic heterocycles. The third kappa shape index (κ3) is 3.39. The van der Waals surface area contributed by atoms with Crippen LogP contribution in [0.1, 0.15) is 39.5 Å². The summed E-state index contributed by atoms with van der Waals surface area (Å²) >= 11 is 0. The molecule has 0 saturated heterocycles. The van der Waals surface area contributed by atoms with E-state index in [0.29, 0.717) is 18.3 Å². The number of halogens is 1. The van der Waals surface area contributed by atoms with Gasteiger partial charge in [-0.3, -0.25) is 0 Å². The van der Waals surface area contributed by atoms with Gasteiger partial charge in [0, 0.05) is 31.9 Å². The summed E-state index contributed by atoms with van der Waals surface area (Å²) in [6.07, 6.45) is 5.55. The first-order chi connectivity index (χ1) is 7.50. The van der Waals surface area contributed by atoms with Crippen LogP contribution < -0.4 is 10.6 Å². The van der Waals surface area contributed by atoms with E-state index in [2.05, 4.69) is 17.6 Å². The van der Waals surface area contributed by atoms with Gasteiger partial charge in [-0.1, -0.05) is 6.92 Å². The lowest BCUT2D eigenvalue weighted by molar-refractivity contribution is 0.0787. The van der Waals surface area contributed by atoms with Gasteiger partial charge in [0.05, 0.1) is 0 Å². The molecule has 0 heterocycles. The van der Waals surface area contributed by atoms with E-state index < -0.39 is 5.67 Å². The van der Waals surface area contributed by atoms with E-state index in [1.807, 2.05) is 20.3 Å². The molecule has 0 amide bonds. The minimum absolute atomic E-state index is 0.396. The van der Waals surface area contributed by atoms with Crippen LogP contribution in [0.4, 0.5) is 4.39 Å². The standard InChI is InChI=1S/C13H25FN2/c1-10(12(16-4)9-15-3)11-6-5-7-13(2,14)8-11/h9-11,15-16H,5-8H2,1-4H3/b12-9-/t10-,11-,13?/m0/s1. The maximum atomic E-state index is 14.0. The summed E-state index contributed by atoms with van der Waals surface area (Å²) in [6, 6.07) is 0. The number of hydrogen-bond acceptors (Lipinski definition) is 2. The minimum Gasteiger partial charge on any atom is -0.393 e. The zero-order valence-electron chi connectivity index (χ0n) is 10.9. The molecular formula is C13H25FN2. The van der Waals surface area contributed by atoms with Crippen molar-refractivity contribution in [2.45, 2.75) is 45.2 Å². The third-order valence-electron chi connectivity index (χ3n) is 3.75.